The molecule has 1 atom stereocenters. The summed E-state index contributed by atoms with van der Waals surface area (Å²) >= 11 is 6.36. The summed E-state index contributed by atoms with van der Waals surface area (Å²) in [6.07, 6.45) is 4.80. The third-order valence-corrected chi connectivity index (χ3v) is 7.03. The second-order valence-corrected chi connectivity index (χ2v) is 13.3. The van der Waals surface area contributed by atoms with Gasteiger partial charge in [0.1, 0.15) is 22.8 Å². The zero-order valence-electron chi connectivity index (χ0n) is 24.6. The number of nitrogens with zero attached hydrogens (tertiary/aromatic N) is 5. The monoisotopic (exact) mass is 582 g/mol. The van der Waals surface area contributed by atoms with E-state index in [4.69, 9.17) is 26.1 Å². The van der Waals surface area contributed by atoms with Gasteiger partial charge in [-0.1, -0.05) is 17.7 Å². The Kier molecular flexibility index (Phi) is 7.80. The topological polar surface area (TPSA) is 101 Å². The van der Waals surface area contributed by atoms with Crippen molar-refractivity contribution in [3.05, 3.63) is 47.1 Å². The van der Waals surface area contributed by atoms with Gasteiger partial charge in [0.15, 0.2) is 5.65 Å². The molecule has 1 N–H and O–H groups in total. The number of nitrogens with one attached hydrogen (secondary N) is 1. The summed E-state index contributed by atoms with van der Waals surface area (Å²) < 4.78 is 13.1. The van der Waals surface area contributed by atoms with E-state index in [0.29, 0.717) is 47.0 Å². The van der Waals surface area contributed by atoms with Crippen molar-refractivity contribution in [2.45, 2.75) is 90.4 Å². The van der Waals surface area contributed by atoms with Crippen molar-refractivity contribution >= 4 is 46.8 Å². The SMILES string of the molecule is CC(C)(C)OC(=O)N1CCC[C@H](Nc2cc(N(C(=O)OC(C)(C)C)c3cccc(Cl)c3)n3ncc(C4CC4)c3n2)C1. The molecular formula is C30H39ClN6O4. The fourth-order valence-electron chi connectivity index (χ4n) is 4.93. The molecule has 3 aromatic rings. The minimum atomic E-state index is -0.725. The molecule has 1 aliphatic carbocycles. The quantitative estimate of drug-likeness (QED) is 0.341. The highest BCUT2D eigenvalue weighted by molar-refractivity contribution is 6.31. The Hall–Kier alpha value is -3.53. The van der Waals surface area contributed by atoms with E-state index in [1.807, 2.05) is 47.7 Å². The summed E-state index contributed by atoms with van der Waals surface area (Å²) in [5, 5.41) is 8.68. The third-order valence-electron chi connectivity index (χ3n) is 6.79. The number of hydrogen-bond donors (Lipinski definition) is 1. The third kappa shape index (κ3) is 7.04. The molecule has 0 bridgehead atoms. The molecule has 1 saturated carbocycles. The summed E-state index contributed by atoms with van der Waals surface area (Å²) in [5.41, 5.74) is 0.984. The molecule has 0 unspecified atom stereocenters. The average Bonchev–Trinajstić information content (AvgIpc) is 3.61. The molecule has 2 amide bonds. The number of ether oxygens (including phenoxy) is 2. The van der Waals surface area contributed by atoms with Crippen molar-refractivity contribution in [3.63, 3.8) is 0 Å². The summed E-state index contributed by atoms with van der Waals surface area (Å²) in [6, 6.07) is 8.82. The van der Waals surface area contributed by atoms with Crippen LogP contribution in [0.15, 0.2) is 36.5 Å². The average molecular weight is 583 g/mol. The number of amides is 2. The fraction of sp³-hybridized carbons (Fsp3) is 0.533. The van der Waals surface area contributed by atoms with E-state index in [2.05, 4.69) is 10.4 Å². The Balaban J connectivity index is 1.54. The number of anilines is 3. The van der Waals surface area contributed by atoms with Gasteiger partial charge < -0.3 is 19.7 Å². The highest BCUT2D eigenvalue weighted by atomic mass is 35.5. The van der Waals surface area contributed by atoms with Crippen molar-refractivity contribution in [2.75, 3.05) is 23.3 Å². The van der Waals surface area contributed by atoms with Crippen LogP contribution in [0, 0.1) is 0 Å². The van der Waals surface area contributed by atoms with E-state index in [9.17, 15) is 9.59 Å². The smallest absolute Gasteiger partial charge is 0.420 e. The molecule has 2 aliphatic rings. The van der Waals surface area contributed by atoms with Gasteiger partial charge in [0.25, 0.3) is 0 Å². The van der Waals surface area contributed by atoms with E-state index >= 15 is 0 Å². The van der Waals surface area contributed by atoms with Gasteiger partial charge in [-0.25, -0.2) is 19.5 Å². The second-order valence-electron chi connectivity index (χ2n) is 12.8. The van der Waals surface area contributed by atoms with Gasteiger partial charge in [-0.2, -0.15) is 9.61 Å². The van der Waals surface area contributed by atoms with Gasteiger partial charge >= 0.3 is 12.2 Å². The highest BCUT2D eigenvalue weighted by Gasteiger charge is 2.33. The van der Waals surface area contributed by atoms with Crippen LogP contribution in [0.3, 0.4) is 0 Å². The van der Waals surface area contributed by atoms with Crippen molar-refractivity contribution in [1.29, 1.82) is 0 Å². The van der Waals surface area contributed by atoms with E-state index in [1.54, 1.807) is 39.7 Å². The number of benzene rings is 1. The van der Waals surface area contributed by atoms with Crippen LogP contribution < -0.4 is 10.2 Å². The van der Waals surface area contributed by atoms with Crippen molar-refractivity contribution in [1.82, 2.24) is 19.5 Å². The second kappa shape index (κ2) is 11.0. The molecule has 3 heterocycles. The standard InChI is InChI=1S/C30H39ClN6O4/c1-29(2,3)40-27(38)35-14-8-10-21(18-35)33-24-16-25(37-26(34-24)23(17-32-37)19-12-13-19)36(28(39)41-30(4,5)6)22-11-7-9-20(31)15-22/h7,9,11,15-17,19,21H,8,10,12-14,18H2,1-6H3,(H,33,34)/t21-/m0/s1. The van der Waals surface area contributed by atoms with Crippen LogP contribution in [0.1, 0.15) is 78.7 Å². The lowest BCUT2D eigenvalue weighted by Gasteiger charge is -2.34. The number of hydrogen-bond acceptors (Lipinski definition) is 7. The van der Waals surface area contributed by atoms with Crippen LogP contribution in [-0.2, 0) is 9.47 Å². The molecule has 1 aromatic carbocycles. The minimum absolute atomic E-state index is 0.0486. The number of rotatable bonds is 5. The van der Waals surface area contributed by atoms with Crippen LogP contribution in [0.2, 0.25) is 5.02 Å². The summed E-state index contributed by atoms with van der Waals surface area (Å²) in [5.74, 6) is 1.45. The lowest BCUT2D eigenvalue weighted by atomic mass is 10.1. The first-order chi connectivity index (χ1) is 19.3. The Morgan fingerprint density at radius 1 is 1.05 bits per heavy atom. The number of fused-ring (bicyclic) bond motifs is 1. The number of carbonyl (C=O) groups is 2. The maximum atomic E-state index is 13.7. The molecular weight excluding hydrogens is 544 g/mol. The number of carbonyl (C=O) groups excluding carboxylic acids is 2. The zero-order chi connectivity index (χ0) is 29.5. The predicted octanol–water partition coefficient (Wildman–Crippen LogP) is 7.14. The first-order valence-electron chi connectivity index (χ1n) is 14.2. The Morgan fingerprint density at radius 2 is 1.78 bits per heavy atom. The Bertz CT molecular complexity index is 1440. The van der Waals surface area contributed by atoms with Crippen molar-refractivity contribution in [2.24, 2.45) is 0 Å². The first kappa shape index (κ1) is 29.0. The van der Waals surface area contributed by atoms with Gasteiger partial charge in [-0.3, -0.25) is 0 Å². The van der Waals surface area contributed by atoms with Gasteiger partial charge in [0.2, 0.25) is 0 Å². The molecule has 0 radical (unpaired) electrons. The van der Waals surface area contributed by atoms with Crippen LogP contribution in [0.5, 0.6) is 0 Å². The molecule has 11 heteroatoms. The minimum Gasteiger partial charge on any atom is -0.444 e. The van der Waals surface area contributed by atoms with Crippen LogP contribution in [-0.4, -0.2) is 62.0 Å². The van der Waals surface area contributed by atoms with Crippen LogP contribution >= 0.6 is 11.6 Å². The van der Waals surface area contributed by atoms with E-state index in [-0.39, 0.29) is 12.1 Å². The maximum Gasteiger partial charge on any atom is 0.420 e. The normalized spacial score (nSPS) is 17.8. The predicted molar refractivity (Wildman–Crippen MR) is 159 cm³/mol. The fourth-order valence-corrected chi connectivity index (χ4v) is 5.11. The molecule has 1 saturated heterocycles. The molecule has 10 nitrogen and oxygen atoms in total. The summed E-state index contributed by atoms with van der Waals surface area (Å²) in [6.45, 7) is 12.2. The maximum absolute atomic E-state index is 13.7. The Labute approximate surface area is 245 Å². The van der Waals surface area contributed by atoms with Crippen LogP contribution in [0.25, 0.3) is 5.65 Å². The van der Waals surface area contributed by atoms with E-state index in [1.165, 1.54) is 4.90 Å². The summed E-state index contributed by atoms with van der Waals surface area (Å²) in [4.78, 5) is 34.7. The molecule has 5 rings (SSSR count). The molecule has 41 heavy (non-hydrogen) atoms. The zero-order valence-corrected chi connectivity index (χ0v) is 25.4. The number of likely N-dealkylation sites (tertiary alicyclic amines) is 1. The molecule has 1 aliphatic heterocycles. The van der Waals surface area contributed by atoms with Gasteiger partial charge in [-0.15, -0.1) is 0 Å². The van der Waals surface area contributed by atoms with E-state index < -0.39 is 17.3 Å². The van der Waals surface area contributed by atoms with Crippen molar-refractivity contribution < 1.29 is 19.1 Å². The lowest BCUT2D eigenvalue weighted by Crippen LogP contribution is -2.47. The number of halogens is 1. The largest absolute Gasteiger partial charge is 0.444 e. The highest BCUT2D eigenvalue weighted by Crippen LogP contribution is 2.43. The number of piperidine rings is 1. The van der Waals surface area contributed by atoms with E-state index in [0.717, 1.165) is 31.2 Å². The lowest BCUT2D eigenvalue weighted by molar-refractivity contribution is 0.0206. The first-order valence-corrected chi connectivity index (χ1v) is 14.6. The van der Waals surface area contributed by atoms with Gasteiger partial charge in [-0.05, 0) is 91.3 Å². The van der Waals surface area contributed by atoms with Crippen LogP contribution in [0.4, 0.5) is 26.9 Å². The van der Waals surface area contributed by atoms with Gasteiger partial charge in [0.05, 0.1) is 11.9 Å². The number of aromatic nitrogens is 3. The molecule has 2 aromatic heterocycles. The van der Waals surface area contributed by atoms with Crippen molar-refractivity contribution in [3.8, 4) is 0 Å². The molecule has 2 fully saturated rings. The summed E-state index contributed by atoms with van der Waals surface area (Å²) in [7, 11) is 0. The Morgan fingerprint density at radius 3 is 2.44 bits per heavy atom. The molecule has 0 spiro atoms. The van der Waals surface area contributed by atoms with Gasteiger partial charge in [0, 0.05) is 35.8 Å². The molecule has 220 valence electrons.